The fraction of sp³-hybridized carbons (Fsp3) is 0.444. The van der Waals surface area contributed by atoms with Crippen molar-refractivity contribution in [2.75, 3.05) is 14.2 Å². The molecule has 0 bridgehead atoms. The third kappa shape index (κ3) is 6.00. The zero-order valence-corrected chi connectivity index (χ0v) is 17.9. The molecule has 0 fully saturated rings. The van der Waals surface area contributed by atoms with Crippen LogP contribution in [0.15, 0.2) is 29.3 Å². The summed E-state index contributed by atoms with van der Waals surface area (Å²) >= 11 is 0. The maximum Gasteiger partial charge on any atom is 0.191 e. The number of guanidine groups is 1. The fourth-order valence-corrected chi connectivity index (χ4v) is 2.65. The van der Waals surface area contributed by atoms with Crippen molar-refractivity contribution in [1.82, 2.24) is 20.4 Å². The van der Waals surface area contributed by atoms with Gasteiger partial charge in [-0.1, -0.05) is 24.3 Å². The minimum absolute atomic E-state index is 0. The first-order chi connectivity index (χ1) is 11.5. The molecule has 1 aromatic carbocycles. The summed E-state index contributed by atoms with van der Waals surface area (Å²) in [6.07, 6.45) is 0. The van der Waals surface area contributed by atoms with Gasteiger partial charge in [-0.2, -0.15) is 5.10 Å². The van der Waals surface area contributed by atoms with E-state index in [2.05, 4.69) is 45.8 Å². The van der Waals surface area contributed by atoms with Crippen LogP contribution in [0.4, 0.5) is 0 Å². The summed E-state index contributed by atoms with van der Waals surface area (Å²) in [4.78, 5) is 4.29. The highest BCUT2D eigenvalue weighted by molar-refractivity contribution is 14.0. The summed E-state index contributed by atoms with van der Waals surface area (Å²) < 4.78 is 7.08. The molecule has 25 heavy (non-hydrogen) atoms. The van der Waals surface area contributed by atoms with Gasteiger partial charge in [0.2, 0.25) is 0 Å². The van der Waals surface area contributed by atoms with E-state index in [1.165, 1.54) is 22.4 Å². The largest absolute Gasteiger partial charge is 0.380 e. The lowest BCUT2D eigenvalue weighted by Gasteiger charge is -2.13. The third-order valence-electron chi connectivity index (χ3n) is 4.08. The van der Waals surface area contributed by atoms with E-state index in [0.29, 0.717) is 19.7 Å². The molecule has 0 unspecified atom stereocenters. The number of ether oxygens (including phenoxy) is 1. The first-order valence-electron chi connectivity index (χ1n) is 8.05. The van der Waals surface area contributed by atoms with Gasteiger partial charge in [-0.3, -0.25) is 9.67 Å². The second kappa shape index (κ2) is 10.4. The molecule has 138 valence electrons. The number of rotatable bonds is 6. The molecule has 6 nitrogen and oxygen atoms in total. The van der Waals surface area contributed by atoms with Crippen LogP contribution in [0.3, 0.4) is 0 Å². The minimum Gasteiger partial charge on any atom is -0.380 e. The molecule has 0 amide bonds. The second-order valence-corrected chi connectivity index (χ2v) is 5.81. The topological polar surface area (TPSA) is 63.5 Å². The molecule has 0 aliphatic carbocycles. The molecule has 2 aromatic rings. The Morgan fingerprint density at radius 3 is 2.48 bits per heavy atom. The van der Waals surface area contributed by atoms with Crippen molar-refractivity contribution in [3.63, 3.8) is 0 Å². The van der Waals surface area contributed by atoms with Crippen molar-refractivity contribution in [2.24, 2.45) is 12.0 Å². The quantitative estimate of drug-likeness (QED) is 0.398. The van der Waals surface area contributed by atoms with Crippen LogP contribution < -0.4 is 10.6 Å². The Labute approximate surface area is 167 Å². The van der Waals surface area contributed by atoms with Crippen molar-refractivity contribution in [3.05, 3.63) is 52.3 Å². The molecule has 0 aliphatic rings. The maximum absolute atomic E-state index is 5.18. The van der Waals surface area contributed by atoms with Gasteiger partial charge in [0.05, 0.1) is 12.3 Å². The van der Waals surface area contributed by atoms with E-state index in [0.717, 1.165) is 11.7 Å². The van der Waals surface area contributed by atoms with Gasteiger partial charge in [-0.05, 0) is 25.0 Å². The van der Waals surface area contributed by atoms with Gasteiger partial charge < -0.3 is 15.4 Å². The van der Waals surface area contributed by atoms with Crippen molar-refractivity contribution >= 4 is 29.9 Å². The number of nitrogens with one attached hydrogen (secondary N) is 2. The van der Waals surface area contributed by atoms with Crippen molar-refractivity contribution in [1.29, 1.82) is 0 Å². The van der Waals surface area contributed by atoms with Crippen LogP contribution in [0, 0.1) is 13.8 Å². The van der Waals surface area contributed by atoms with Crippen LogP contribution in [-0.2, 0) is 31.5 Å². The van der Waals surface area contributed by atoms with Crippen molar-refractivity contribution < 1.29 is 4.74 Å². The number of aliphatic imine (C=N–C) groups is 1. The number of halogens is 1. The first-order valence-corrected chi connectivity index (χ1v) is 8.05. The van der Waals surface area contributed by atoms with Gasteiger partial charge in [0.1, 0.15) is 0 Å². The average molecular weight is 457 g/mol. The number of methoxy groups -OCH3 is 1. The number of benzene rings is 1. The van der Waals surface area contributed by atoms with Crippen molar-refractivity contribution in [2.45, 2.75) is 33.5 Å². The van der Waals surface area contributed by atoms with Crippen LogP contribution in [0.25, 0.3) is 0 Å². The molecule has 1 heterocycles. The number of hydrogen-bond donors (Lipinski definition) is 2. The summed E-state index contributed by atoms with van der Waals surface area (Å²) in [7, 11) is 5.45. The highest BCUT2D eigenvalue weighted by Crippen LogP contribution is 2.11. The lowest BCUT2D eigenvalue weighted by molar-refractivity contribution is 0.185. The van der Waals surface area contributed by atoms with Crippen LogP contribution in [0.2, 0.25) is 0 Å². The Kier molecular flexibility index (Phi) is 8.91. The lowest BCUT2D eigenvalue weighted by atomic mass is 10.1. The van der Waals surface area contributed by atoms with Gasteiger partial charge in [0.15, 0.2) is 5.96 Å². The fourth-order valence-electron chi connectivity index (χ4n) is 2.65. The SMILES string of the molecule is CN=C(NCc1cccc(COC)c1)NCc1c(C)nn(C)c1C.I. The van der Waals surface area contributed by atoms with Gasteiger partial charge in [-0.25, -0.2) is 0 Å². The summed E-state index contributed by atoms with van der Waals surface area (Å²) in [5.41, 5.74) is 5.79. The minimum atomic E-state index is 0. The molecule has 7 heteroatoms. The standard InChI is InChI=1S/C18H27N5O.HI/c1-13-17(14(2)23(4)22-13)11-21-18(19-3)20-10-15-7-6-8-16(9-15)12-24-5;/h6-9H,10-12H2,1-5H3,(H2,19,20,21);1H. The van der Waals surface area contributed by atoms with E-state index in [4.69, 9.17) is 4.74 Å². The Morgan fingerprint density at radius 1 is 1.20 bits per heavy atom. The van der Waals surface area contributed by atoms with Crippen LogP contribution in [0.1, 0.15) is 28.1 Å². The Hall–Kier alpha value is -1.61. The smallest absolute Gasteiger partial charge is 0.191 e. The van der Waals surface area contributed by atoms with E-state index in [9.17, 15) is 0 Å². The molecule has 1 aromatic heterocycles. The van der Waals surface area contributed by atoms with Crippen LogP contribution in [0.5, 0.6) is 0 Å². The lowest BCUT2D eigenvalue weighted by Crippen LogP contribution is -2.36. The molecule has 0 radical (unpaired) electrons. The maximum atomic E-state index is 5.18. The predicted molar refractivity (Wildman–Crippen MR) is 112 cm³/mol. The monoisotopic (exact) mass is 457 g/mol. The zero-order chi connectivity index (χ0) is 17.5. The number of aromatic nitrogens is 2. The first kappa shape index (κ1) is 21.4. The molecule has 0 atom stereocenters. The van der Waals surface area contributed by atoms with Gasteiger partial charge in [0, 0.05) is 45.6 Å². The van der Waals surface area contributed by atoms with Crippen molar-refractivity contribution in [3.8, 4) is 0 Å². The third-order valence-corrected chi connectivity index (χ3v) is 4.08. The Bertz CT molecular complexity index is 711. The summed E-state index contributed by atoms with van der Waals surface area (Å²) in [5, 5.41) is 11.1. The van der Waals surface area contributed by atoms with Crippen LogP contribution in [-0.4, -0.2) is 29.9 Å². The van der Waals surface area contributed by atoms with E-state index in [1.54, 1.807) is 14.2 Å². The summed E-state index contributed by atoms with van der Waals surface area (Å²) in [5.74, 6) is 0.773. The number of nitrogens with zero attached hydrogens (tertiary/aromatic N) is 3. The van der Waals surface area contributed by atoms with Gasteiger partial charge >= 0.3 is 0 Å². The molecular weight excluding hydrogens is 429 g/mol. The molecular formula is C18H28IN5O. The molecule has 0 aliphatic heterocycles. The highest BCUT2D eigenvalue weighted by atomic mass is 127. The van der Waals surface area contributed by atoms with Gasteiger partial charge in [-0.15, -0.1) is 24.0 Å². The zero-order valence-electron chi connectivity index (χ0n) is 15.6. The molecule has 0 saturated carbocycles. The van der Waals surface area contributed by atoms with E-state index in [-0.39, 0.29) is 24.0 Å². The molecule has 0 spiro atoms. The van der Waals surface area contributed by atoms with Gasteiger partial charge in [0.25, 0.3) is 0 Å². The highest BCUT2D eigenvalue weighted by Gasteiger charge is 2.09. The van der Waals surface area contributed by atoms with E-state index < -0.39 is 0 Å². The number of aryl methyl sites for hydroxylation is 2. The normalized spacial score (nSPS) is 11.2. The second-order valence-electron chi connectivity index (χ2n) is 5.81. The summed E-state index contributed by atoms with van der Waals surface area (Å²) in [6.45, 7) is 6.15. The summed E-state index contributed by atoms with van der Waals surface area (Å²) in [6, 6.07) is 8.34. The molecule has 2 N–H and O–H groups in total. The van der Waals surface area contributed by atoms with Crippen LogP contribution >= 0.6 is 24.0 Å². The predicted octanol–water partition coefficient (Wildman–Crippen LogP) is 2.67. The van der Waals surface area contributed by atoms with E-state index >= 15 is 0 Å². The van der Waals surface area contributed by atoms with E-state index in [1.807, 2.05) is 24.7 Å². The average Bonchev–Trinajstić information content (AvgIpc) is 2.81. The Balaban J connectivity index is 0.00000312. The molecule has 2 rings (SSSR count). The molecule has 0 saturated heterocycles. The Morgan fingerprint density at radius 2 is 1.88 bits per heavy atom. The number of hydrogen-bond acceptors (Lipinski definition) is 3.